The molecule has 0 spiro atoms. The van der Waals surface area contributed by atoms with Crippen molar-refractivity contribution in [2.24, 2.45) is 5.73 Å². The normalized spacial score (nSPS) is 10.1. The van der Waals surface area contributed by atoms with Gasteiger partial charge >= 0.3 is 0 Å². The van der Waals surface area contributed by atoms with Crippen LogP contribution in [0.2, 0.25) is 5.02 Å². The Balaban J connectivity index is 2.71. The van der Waals surface area contributed by atoms with Crippen LogP contribution >= 0.6 is 11.6 Å². The molecule has 1 rings (SSSR count). The van der Waals surface area contributed by atoms with E-state index in [1.807, 2.05) is 6.07 Å². The first-order valence-corrected chi connectivity index (χ1v) is 4.49. The molecule has 0 aliphatic rings. The lowest BCUT2D eigenvalue weighted by molar-refractivity contribution is 0.282. The van der Waals surface area contributed by atoms with Crippen LogP contribution in [0, 0.1) is 0 Å². The zero-order valence-corrected chi connectivity index (χ0v) is 8.01. The maximum atomic E-state index is 8.86. The van der Waals surface area contributed by atoms with Crippen molar-refractivity contribution in [2.75, 3.05) is 18.4 Å². The van der Waals surface area contributed by atoms with E-state index in [0.29, 0.717) is 11.6 Å². The Bertz CT molecular complexity index is 278. The number of anilines is 1. The second-order valence-corrected chi connectivity index (χ2v) is 3.09. The van der Waals surface area contributed by atoms with Crippen LogP contribution in [0.3, 0.4) is 0 Å². The number of benzene rings is 1. The highest BCUT2D eigenvalue weighted by molar-refractivity contribution is 6.31. The van der Waals surface area contributed by atoms with Crippen LogP contribution in [0.25, 0.3) is 0 Å². The van der Waals surface area contributed by atoms with E-state index in [9.17, 15) is 0 Å². The predicted octanol–water partition coefficient (Wildman–Crippen LogP) is 1.20. The first-order chi connectivity index (χ1) is 6.27. The number of hydrogen-bond donors (Lipinski definition) is 3. The fourth-order valence-electron chi connectivity index (χ4n) is 1.00. The molecule has 13 heavy (non-hydrogen) atoms. The molecular formula is C9H13ClN2O. The summed E-state index contributed by atoms with van der Waals surface area (Å²) in [7, 11) is 0. The molecule has 0 saturated carbocycles. The summed E-state index contributed by atoms with van der Waals surface area (Å²) in [5.41, 5.74) is 6.99. The van der Waals surface area contributed by atoms with Gasteiger partial charge in [0.2, 0.25) is 0 Å². The zero-order chi connectivity index (χ0) is 9.68. The third-order valence-corrected chi connectivity index (χ3v) is 2.05. The molecule has 4 heteroatoms. The third-order valence-electron chi connectivity index (χ3n) is 1.70. The van der Waals surface area contributed by atoms with Crippen molar-refractivity contribution in [3.8, 4) is 0 Å². The second kappa shape index (κ2) is 5.07. The van der Waals surface area contributed by atoms with Gasteiger partial charge in [-0.05, 0) is 17.7 Å². The Kier molecular flexibility index (Phi) is 4.02. The highest BCUT2D eigenvalue weighted by atomic mass is 35.5. The molecule has 0 bridgehead atoms. The smallest absolute Gasteiger partial charge is 0.0696 e. The van der Waals surface area contributed by atoms with E-state index >= 15 is 0 Å². The van der Waals surface area contributed by atoms with Gasteiger partial charge in [0.05, 0.1) is 6.61 Å². The highest BCUT2D eigenvalue weighted by Crippen LogP contribution is 2.20. The SMILES string of the molecule is NCCNc1ccc(CO)c(Cl)c1. The average molecular weight is 201 g/mol. The molecular weight excluding hydrogens is 188 g/mol. The monoisotopic (exact) mass is 200 g/mol. The van der Waals surface area contributed by atoms with Crippen molar-refractivity contribution in [2.45, 2.75) is 6.61 Å². The van der Waals surface area contributed by atoms with Crippen LogP contribution in [-0.4, -0.2) is 18.2 Å². The van der Waals surface area contributed by atoms with Gasteiger partial charge in [0.25, 0.3) is 0 Å². The van der Waals surface area contributed by atoms with E-state index in [-0.39, 0.29) is 6.61 Å². The fourth-order valence-corrected chi connectivity index (χ4v) is 1.24. The topological polar surface area (TPSA) is 58.3 Å². The van der Waals surface area contributed by atoms with Crippen LogP contribution in [0.15, 0.2) is 18.2 Å². The fraction of sp³-hybridized carbons (Fsp3) is 0.333. The molecule has 0 aliphatic heterocycles. The Morgan fingerprint density at radius 1 is 1.46 bits per heavy atom. The van der Waals surface area contributed by atoms with Crippen molar-refractivity contribution in [1.29, 1.82) is 0 Å². The average Bonchev–Trinajstić information content (AvgIpc) is 2.15. The van der Waals surface area contributed by atoms with Gasteiger partial charge in [-0.2, -0.15) is 0 Å². The van der Waals surface area contributed by atoms with Crippen molar-refractivity contribution in [3.05, 3.63) is 28.8 Å². The third kappa shape index (κ3) is 2.88. The van der Waals surface area contributed by atoms with Crippen molar-refractivity contribution in [3.63, 3.8) is 0 Å². The number of rotatable bonds is 4. The molecule has 0 heterocycles. The summed E-state index contributed by atoms with van der Waals surface area (Å²) in [6.07, 6.45) is 0. The molecule has 72 valence electrons. The number of aliphatic hydroxyl groups excluding tert-OH is 1. The maximum absolute atomic E-state index is 8.86. The first-order valence-electron chi connectivity index (χ1n) is 4.11. The quantitative estimate of drug-likeness (QED) is 0.685. The van der Waals surface area contributed by atoms with Gasteiger partial charge in [0.1, 0.15) is 0 Å². The minimum Gasteiger partial charge on any atom is -0.392 e. The molecule has 0 aliphatic carbocycles. The molecule has 1 aromatic rings. The summed E-state index contributed by atoms with van der Waals surface area (Å²) < 4.78 is 0. The van der Waals surface area contributed by atoms with E-state index in [1.165, 1.54) is 0 Å². The van der Waals surface area contributed by atoms with E-state index < -0.39 is 0 Å². The van der Waals surface area contributed by atoms with Gasteiger partial charge in [-0.15, -0.1) is 0 Å². The van der Waals surface area contributed by atoms with Crippen LogP contribution in [0.1, 0.15) is 5.56 Å². The standard InChI is InChI=1S/C9H13ClN2O/c10-9-5-8(12-4-3-11)2-1-7(9)6-13/h1-2,5,12-13H,3-4,6,11H2. The Hall–Kier alpha value is -0.770. The van der Waals surface area contributed by atoms with Crippen LogP contribution in [0.4, 0.5) is 5.69 Å². The van der Waals surface area contributed by atoms with Crippen LogP contribution in [0.5, 0.6) is 0 Å². The molecule has 0 fully saturated rings. The van der Waals surface area contributed by atoms with E-state index in [2.05, 4.69) is 5.32 Å². The molecule has 0 unspecified atom stereocenters. The number of nitrogens with one attached hydrogen (secondary N) is 1. The predicted molar refractivity (Wildman–Crippen MR) is 54.9 cm³/mol. The summed E-state index contributed by atoms with van der Waals surface area (Å²) in [5, 5.41) is 12.5. The highest BCUT2D eigenvalue weighted by Gasteiger charge is 1.99. The minimum atomic E-state index is -0.0317. The summed E-state index contributed by atoms with van der Waals surface area (Å²) in [6, 6.07) is 5.44. The van der Waals surface area contributed by atoms with E-state index in [4.69, 9.17) is 22.4 Å². The van der Waals surface area contributed by atoms with E-state index in [0.717, 1.165) is 17.8 Å². The first kappa shape index (κ1) is 10.3. The van der Waals surface area contributed by atoms with Crippen molar-refractivity contribution in [1.82, 2.24) is 0 Å². The molecule has 0 atom stereocenters. The van der Waals surface area contributed by atoms with Gasteiger partial charge < -0.3 is 16.2 Å². The molecule has 4 N–H and O–H groups in total. The van der Waals surface area contributed by atoms with Gasteiger partial charge in [-0.1, -0.05) is 17.7 Å². The summed E-state index contributed by atoms with van der Waals surface area (Å²) in [4.78, 5) is 0. The lowest BCUT2D eigenvalue weighted by Gasteiger charge is -2.06. The van der Waals surface area contributed by atoms with E-state index in [1.54, 1.807) is 12.1 Å². The minimum absolute atomic E-state index is 0.0317. The zero-order valence-electron chi connectivity index (χ0n) is 7.26. The second-order valence-electron chi connectivity index (χ2n) is 2.68. The molecule has 3 nitrogen and oxygen atoms in total. The van der Waals surface area contributed by atoms with Crippen LogP contribution in [-0.2, 0) is 6.61 Å². The van der Waals surface area contributed by atoms with Crippen LogP contribution < -0.4 is 11.1 Å². The van der Waals surface area contributed by atoms with Crippen molar-refractivity contribution < 1.29 is 5.11 Å². The lowest BCUT2D eigenvalue weighted by Crippen LogP contribution is -2.13. The summed E-state index contributed by atoms with van der Waals surface area (Å²) in [6.45, 7) is 1.27. The molecule has 0 amide bonds. The molecule has 0 radical (unpaired) electrons. The summed E-state index contributed by atoms with van der Waals surface area (Å²) >= 11 is 5.88. The Morgan fingerprint density at radius 2 is 2.23 bits per heavy atom. The number of hydrogen-bond acceptors (Lipinski definition) is 3. The number of halogens is 1. The molecule has 1 aromatic carbocycles. The largest absolute Gasteiger partial charge is 0.392 e. The maximum Gasteiger partial charge on any atom is 0.0696 e. The molecule has 0 aromatic heterocycles. The van der Waals surface area contributed by atoms with Crippen molar-refractivity contribution >= 4 is 17.3 Å². The number of nitrogens with two attached hydrogens (primary N) is 1. The Morgan fingerprint density at radius 3 is 2.77 bits per heavy atom. The van der Waals surface area contributed by atoms with Gasteiger partial charge in [-0.25, -0.2) is 0 Å². The van der Waals surface area contributed by atoms with Gasteiger partial charge in [0.15, 0.2) is 0 Å². The lowest BCUT2D eigenvalue weighted by atomic mass is 10.2. The van der Waals surface area contributed by atoms with Gasteiger partial charge in [-0.3, -0.25) is 0 Å². The summed E-state index contributed by atoms with van der Waals surface area (Å²) in [5.74, 6) is 0. The Labute approximate surface area is 82.5 Å². The van der Waals surface area contributed by atoms with Gasteiger partial charge in [0, 0.05) is 23.8 Å². The number of aliphatic hydroxyl groups is 1. The molecule has 0 saturated heterocycles.